The van der Waals surface area contributed by atoms with E-state index in [4.69, 9.17) is 35.0 Å². The van der Waals surface area contributed by atoms with E-state index in [1.807, 2.05) is 0 Å². The number of esters is 1. The molecule has 0 spiro atoms. The van der Waals surface area contributed by atoms with Gasteiger partial charge in [-0.15, -0.1) is 11.6 Å². The number of nitrogens with one attached hydrogen (secondary N) is 1. The Morgan fingerprint density at radius 3 is 2.50 bits per heavy atom. The summed E-state index contributed by atoms with van der Waals surface area (Å²) in [6.07, 6.45) is 0. The van der Waals surface area contributed by atoms with Gasteiger partial charge in [0.25, 0.3) is 5.91 Å². The van der Waals surface area contributed by atoms with Crippen LogP contribution in [0.4, 0.5) is 5.69 Å². The van der Waals surface area contributed by atoms with Crippen LogP contribution in [-0.4, -0.2) is 62.8 Å². The van der Waals surface area contributed by atoms with Gasteiger partial charge in [0, 0.05) is 35.2 Å². The van der Waals surface area contributed by atoms with Crippen molar-refractivity contribution in [1.82, 2.24) is 4.98 Å². The molecule has 2 N–H and O–H groups in total. The van der Waals surface area contributed by atoms with Crippen molar-refractivity contribution in [2.45, 2.75) is 5.92 Å². The normalized spacial score (nSPS) is 14.8. The fourth-order valence-electron chi connectivity index (χ4n) is 4.78. The number of amides is 1. The molecule has 1 aliphatic heterocycles. The molecule has 4 aromatic rings. The largest absolute Gasteiger partial charge is 0.504 e. The Balaban J connectivity index is 1.63. The third-order valence-electron chi connectivity index (χ3n) is 6.37. The van der Waals surface area contributed by atoms with Crippen LogP contribution in [0.25, 0.3) is 21.9 Å². The maximum Gasteiger partial charge on any atom is 0.373 e. The Labute approximate surface area is 210 Å². The number of carbonyl (C=O) groups is 2. The number of hydrogen-bond acceptors (Lipinski definition) is 8. The van der Waals surface area contributed by atoms with Crippen LogP contribution in [-0.2, 0) is 4.74 Å². The van der Waals surface area contributed by atoms with Gasteiger partial charge in [-0.25, -0.2) is 4.79 Å². The van der Waals surface area contributed by atoms with Gasteiger partial charge in [0.2, 0.25) is 11.5 Å². The predicted octanol–water partition coefficient (Wildman–Crippen LogP) is 4.41. The molecule has 5 rings (SSSR count). The Kier molecular flexibility index (Phi) is 5.83. The lowest BCUT2D eigenvalue weighted by Crippen LogP contribution is -2.30. The van der Waals surface area contributed by atoms with Crippen molar-refractivity contribution in [2.75, 3.05) is 45.8 Å². The van der Waals surface area contributed by atoms with Crippen LogP contribution >= 0.6 is 11.6 Å². The molecular formula is C25H23ClN2O8. The van der Waals surface area contributed by atoms with Crippen LogP contribution in [0, 0.1) is 0 Å². The van der Waals surface area contributed by atoms with Crippen molar-refractivity contribution >= 4 is 51.0 Å². The molecule has 10 nitrogen and oxygen atoms in total. The van der Waals surface area contributed by atoms with Gasteiger partial charge < -0.3 is 38.4 Å². The molecular weight excluding hydrogens is 492 g/mol. The van der Waals surface area contributed by atoms with Gasteiger partial charge in [-0.3, -0.25) is 4.79 Å². The number of nitrogens with zero attached hydrogens (tertiary/aromatic N) is 1. The fourth-order valence-corrected chi connectivity index (χ4v) is 5.03. The summed E-state index contributed by atoms with van der Waals surface area (Å²) in [7, 11) is 5.76. The van der Waals surface area contributed by atoms with Gasteiger partial charge in [-0.2, -0.15) is 0 Å². The van der Waals surface area contributed by atoms with E-state index in [0.29, 0.717) is 50.5 Å². The number of carbonyl (C=O) groups excluding carboxylic acids is 2. The summed E-state index contributed by atoms with van der Waals surface area (Å²) in [5.74, 6) is -0.0568. The van der Waals surface area contributed by atoms with E-state index >= 15 is 0 Å². The van der Waals surface area contributed by atoms with Crippen LogP contribution < -0.4 is 19.1 Å². The zero-order valence-electron chi connectivity index (χ0n) is 19.9. The maximum absolute atomic E-state index is 13.7. The zero-order chi connectivity index (χ0) is 25.7. The lowest BCUT2D eigenvalue weighted by atomic mass is 9.99. The number of methoxy groups -OCH3 is 4. The summed E-state index contributed by atoms with van der Waals surface area (Å²) in [5.41, 5.74) is 2.19. The number of H-pyrrole nitrogens is 1. The number of furan rings is 1. The molecule has 2 aromatic heterocycles. The molecule has 0 saturated carbocycles. The summed E-state index contributed by atoms with van der Waals surface area (Å²) in [6, 6.07) is 6.39. The first-order valence-corrected chi connectivity index (χ1v) is 11.5. The molecule has 188 valence electrons. The van der Waals surface area contributed by atoms with Crippen molar-refractivity contribution in [1.29, 1.82) is 0 Å². The minimum absolute atomic E-state index is 0.0556. The van der Waals surface area contributed by atoms with E-state index in [1.165, 1.54) is 45.5 Å². The summed E-state index contributed by atoms with van der Waals surface area (Å²) < 4.78 is 26.7. The number of hydrogen-bond donors (Lipinski definition) is 2. The van der Waals surface area contributed by atoms with E-state index in [1.54, 1.807) is 12.1 Å². The lowest BCUT2D eigenvalue weighted by Gasteiger charge is -2.17. The number of rotatable bonds is 6. The molecule has 0 fully saturated rings. The second kappa shape index (κ2) is 8.87. The van der Waals surface area contributed by atoms with Crippen LogP contribution in [0.15, 0.2) is 28.7 Å². The summed E-state index contributed by atoms with van der Waals surface area (Å²) in [4.78, 5) is 30.4. The number of aromatic nitrogens is 1. The van der Waals surface area contributed by atoms with Gasteiger partial charge >= 0.3 is 5.97 Å². The number of phenolic OH excluding ortho intramolecular Hbond substituents is 1. The quantitative estimate of drug-likeness (QED) is 0.286. The third kappa shape index (κ3) is 3.40. The standard InChI is InChI=1S/C25H23ClN2O8/c1-32-17-6-11-5-14(27-20(11)23(34-3)22(17)33-2)24(30)28-10-12(9-26)19-13-7-18(25(31)35-4)36-21(13)16(29)8-15(19)28/h5-8,12,27,29H,9-10H2,1-4H3/t12-/m1/s1. The van der Waals surface area contributed by atoms with Gasteiger partial charge in [0.1, 0.15) is 5.69 Å². The van der Waals surface area contributed by atoms with E-state index in [2.05, 4.69) is 4.98 Å². The van der Waals surface area contributed by atoms with E-state index < -0.39 is 5.97 Å². The SMILES string of the molecule is COC(=O)c1cc2c3c(cc(O)c2o1)N(C(=O)c1cc2cc(OC)c(OC)c(OC)c2[nH]1)C[C@H]3CCl. The van der Waals surface area contributed by atoms with Gasteiger partial charge in [-0.05, 0) is 23.8 Å². The van der Waals surface area contributed by atoms with Crippen LogP contribution in [0.3, 0.4) is 0 Å². The second-order valence-corrected chi connectivity index (χ2v) is 8.54. The van der Waals surface area contributed by atoms with Gasteiger partial charge in [0.05, 0.1) is 39.6 Å². The highest BCUT2D eigenvalue weighted by molar-refractivity contribution is 6.19. The average molecular weight is 515 g/mol. The molecule has 11 heteroatoms. The van der Waals surface area contributed by atoms with Gasteiger partial charge in [-0.1, -0.05) is 0 Å². The topological polar surface area (TPSA) is 123 Å². The van der Waals surface area contributed by atoms with E-state index in [-0.39, 0.29) is 41.3 Å². The first kappa shape index (κ1) is 23.7. The first-order valence-electron chi connectivity index (χ1n) is 10.9. The smallest absolute Gasteiger partial charge is 0.373 e. The highest BCUT2D eigenvalue weighted by Crippen LogP contribution is 2.47. The minimum atomic E-state index is -0.675. The lowest BCUT2D eigenvalue weighted by molar-refractivity contribution is 0.0567. The summed E-state index contributed by atoms with van der Waals surface area (Å²) in [6.45, 7) is 0.272. The van der Waals surface area contributed by atoms with E-state index in [0.717, 1.165) is 0 Å². The number of aromatic hydroxyl groups is 1. The van der Waals surface area contributed by atoms with Crippen molar-refractivity contribution in [3.05, 3.63) is 41.3 Å². The zero-order valence-corrected chi connectivity index (χ0v) is 20.7. The molecule has 0 saturated heterocycles. The number of fused-ring (bicyclic) bond motifs is 4. The van der Waals surface area contributed by atoms with Crippen LogP contribution in [0.2, 0.25) is 0 Å². The monoisotopic (exact) mass is 514 g/mol. The molecule has 0 aliphatic carbocycles. The number of aromatic amines is 1. The molecule has 1 aliphatic rings. The summed E-state index contributed by atoms with van der Waals surface area (Å²) >= 11 is 6.28. The highest BCUT2D eigenvalue weighted by Gasteiger charge is 2.37. The molecule has 0 bridgehead atoms. The number of benzene rings is 2. The van der Waals surface area contributed by atoms with Crippen molar-refractivity contribution in [3.63, 3.8) is 0 Å². The van der Waals surface area contributed by atoms with Crippen molar-refractivity contribution in [2.24, 2.45) is 0 Å². The molecule has 36 heavy (non-hydrogen) atoms. The second-order valence-electron chi connectivity index (χ2n) is 8.23. The average Bonchev–Trinajstić information content (AvgIpc) is 3.61. The minimum Gasteiger partial charge on any atom is -0.504 e. The molecule has 1 atom stereocenters. The molecule has 0 radical (unpaired) electrons. The third-order valence-corrected chi connectivity index (χ3v) is 6.75. The Morgan fingerprint density at radius 1 is 1.11 bits per heavy atom. The van der Waals surface area contributed by atoms with Crippen molar-refractivity contribution < 1.29 is 38.1 Å². The number of ether oxygens (including phenoxy) is 4. The number of anilines is 1. The van der Waals surface area contributed by atoms with Gasteiger partial charge in [0.15, 0.2) is 22.8 Å². The summed E-state index contributed by atoms with van der Waals surface area (Å²) in [5, 5.41) is 11.9. The molecule has 3 heterocycles. The van der Waals surface area contributed by atoms with E-state index in [9.17, 15) is 14.7 Å². The maximum atomic E-state index is 13.7. The molecule has 0 unspecified atom stereocenters. The van der Waals surface area contributed by atoms with Crippen molar-refractivity contribution in [3.8, 4) is 23.0 Å². The number of halogens is 1. The highest BCUT2D eigenvalue weighted by atomic mass is 35.5. The Hall–Kier alpha value is -4.05. The predicted molar refractivity (Wildman–Crippen MR) is 132 cm³/mol. The Morgan fingerprint density at radius 2 is 1.86 bits per heavy atom. The van der Waals surface area contributed by atoms with Crippen LogP contribution in [0.5, 0.6) is 23.0 Å². The van der Waals surface area contributed by atoms with Crippen LogP contribution in [0.1, 0.15) is 32.5 Å². The fraction of sp³-hybridized carbons (Fsp3) is 0.280. The number of phenols is 1. The molecule has 1 amide bonds. The number of alkyl halides is 1. The first-order chi connectivity index (χ1) is 17.4. The Bertz CT molecular complexity index is 1520. The molecule has 2 aromatic carbocycles.